The topological polar surface area (TPSA) is 78.0 Å². The monoisotopic (exact) mass is 386 g/mol. The van der Waals surface area contributed by atoms with E-state index in [2.05, 4.69) is 20.1 Å². The fourth-order valence-corrected chi connectivity index (χ4v) is 3.87. The zero-order chi connectivity index (χ0) is 18.9. The molecule has 0 radical (unpaired) electrons. The van der Waals surface area contributed by atoms with E-state index in [0.717, 1.165) is 21.7 Å². The van der Waals surface area contributed by atoms with Crippen LogP contribution in [-0.2, 0) is 5.75 Å². The van der Waals surface area contributed by atoms with Crippen molar-refractivity contribution in [3.05, 3.63) is 89.4 Å². The Hall–Kier alpha value is -3.52. The molecule has 0 aliphatic carbocycles. The summed E-state index contributed by atoms with van der Waals surface area (Å²) in [5, 5.41) is 6.15. The number of para-hydroxylation sites is 1. The van der Waals surface area contributed by atoms with Gasteiger partial charge in [0, 0.05) is 18.0 Å². The number of nitrogens with zero attached hydrogens (tertiary/aromatic N) is 6. The van der Waals surface area contributed by atoms with Crippen molar-refractivity contribution in [2.45, 2.75) is 10.8 Å². The number of fused-ring (bicyclic) bond motifs is 2. The second-order valence-corrected chi connectivity index (χ2v) is 7.08. The van der Waals surface area contributed by atoms with Crippen LogP contribution in [0, 0.1) is 0 Å². The molecule has 136 valence electrons. The first-order valence-corrected chi connectivity index (χ1v) is 9.62. The van der Waals surface area contributed by atoms with Gasteiger partial charge in [0.15, 0.2) is 5.65 Å². The molecule has 4 heterocycles. The van der Waals surface area contributed by atoms with E-state index in [1.807, 2.05) is 48.5 Å². The maximum absolute atomic E-state index is 12.3. The highest BCUT2D eigenvalue weighted by atomic mass is 32.2. The van der Waals surface area contributed by atoms with Gasteiger partial charge in [0.05, 0.1) is 23.0 Å². The van der Waals surface area contributed by atoms with Gasteiger partial charge in [-0.3, -0.25) is 9.20 Å². The molecular formula is C20H14N6OS. The number of hydrogen-bond acceptors (Lipinski definition) is 6. The minimum Gasteiger partial charge on any atom is -0.269 e. The van der Waals surface area contributed by atoms with Gasteiger partial charge in [-0.1, -0.05) is 36.0 Å². The Balaban J connectivity index is 1.48. The second kappa shape index (κ2) is 6.90. The van der Waals surface area contributed by atoms with Gasteiger partial charge >= 0.3 is 0 Å². The molecule has 0 saturated heterocycles. The Morgan fingerprint density at radius 1 is 1.00 bits per heavy atom. The van der Waals surface area contributed by atoms with Gasteiger partial charge in [-0.25, -0.2) is 19.6 Å². The molecule has 0 aliphatic heterocycles. The molecule has 0 atom stereocenters. The molecule has 28 heavy (non-hydrogen) atoms. The quantitative estimate of drug-likeness (QED) is 0.349. The summed E-state index contributed by atoms with van der Waals surface area (Å²) in [7, 11) is 0. The molecule has 0 N–H and O–H groups in total. The fraction of sp³-hybridized carbons (Fsp3) is 0.0500. The van der Waals surface area contributed by atoms with Crippen LogP contribution in [0.2, 0.25) is 0 Å². The minimum absolute atomic E-state index is 0.0917. The van der Waals surface area contributed by atoms with E-state index in [1.165, 1.54) is 22.5 Å². The summed E-state index contributed by atoms with van der Waals surface area (Å²) in [5.41, 5.74) is 2.94. The summed E-state index contributed by atoms with van der Waals surface area (Å²) >= 11 is 1.51. The number of rotatable bonds is 4. The largest absolute Gasteiger partial charge is 0.269 e. The zero-order valence-electron chi connectivity index (χ0n) is 14.6. The van der Waals surface area contributed by atoms with E-state index in [9.17, 15) is 4.79 Å². The lowest BCUT2D eigenvalue weighted by Crippen LogP contribution is -2.14. The number of aromatic nitrogens is 6. The molecular weight excluding hydrogens is 372 g/mol. The standard InChI is InChI=1S/C20H14N6OS/c27-18-10-14(24-17-8-4-5-9-25(17)18)12-28-20-16-11-23-26(19(16)21-13-22-20)15-6-2-1-3-7-15/h1-11,13H,12H2. The number of thioether (sulfide) groups is 1. The molecule has 0 bridgehead atoms. The van der Waals surface area contributed by atoms with Crippen LogP contribution in [0.4, 0.5) is 0 Å². The lowest BCUT2D eigenvalue weighted by molar-refractivity contribution is 0.893. The molecule has 8 heteroatoms. The first-order valence-electron chi connectivity index (χ1n) is 8.64. The van der Waals surface area contributed by atoms with Crippen molar-refractivity contribution >= 4 is 28.4 Å². The Morgan fingerprint density at radius 3 is 2.75 bits per heavy atom. The molecule has 1 aromatic carbocycles. The first-order chi connectivity index (χ1) is 13.8. The van der Waals surface area contributed by atoms with Crippen molar-refractivity contribution in [2.75, 3.05) is 0 Å². The average molecular weight is 386 g/mol. The molecule has 4 aromatic heterocycles. The van der Waals surface area contributed by atoms with E-state index < -0.39 is 0 Å². The maximum Gasteiger partial charge on any atom is 0.258 e. The van der Waals surface area contributed by atoms with Gasteiger partial charge in [-0.05, 0) is 24.3 Å². The van der Waals surface area contributed by atoms with E-state index in [4.69, 9.17) is 0 Å². The van der Waals surface area contributed by atoms with Crippen molar-refractivity contribution in [2.24, 2.45) is 0 Å². The number of hydrogen-bond donors (Lipinski definition) is 0. The highest BCUT2D eigenvalue weighted by Crippen LogP contribution is 2.27. The van der Waals surface area contributed by atoms with Gasteiger partial charge in [-0.2, -0.15) is 5.10 Å². The molecule has 0 unspecified atom stereocenters. The lowest BCUT2D eigenvalue weighted by Gasteiger charge is -2.05. The van der Waals surface area contributed by atoms with Crippen LogP contribution in [0.3, 0.4) is 0 Å². The Kier molecular flexibility index (Phi) is 4.10. The van der Waals surface area contributed by atoms with Crippen molar-refractivity contribution < 1.29 is 0 Å². The van der Waals surface area contributed by atoms with Crippen molar-refractivity contribution in [1.29, 1.82) is 0 Å². The van der Waals surface area contributed by atoms with Crippen LogP contribution >= 0.6 is 11.8 Å². The predicted octanol–water partition coefficient (Wildman–Crippen LogP) is 3.12. The predicted molar refractivity (Wildman–Crippen MR) is 108 cm³/mol. The molecule has 0 spiro atoms. The molecule has 5 aromatic rings. The van der Waals surface area contributed by atoms with Crippen LogP contribution < -0.4 is 5.56 Å². The van der Waals surface area contributed by atoms with Crippen LogP contribution in [0.1, 0.15) is 5.69 Å². The summed E-state index contributed by atoms with van der Waals surface area (Å²) in [5.74, 6) is 0.531. The Morgan fingerprint density at radius 2 is 1.86 bits per heavy atom. The second-order valence-electron chi connectivity index (χ2n) is 6.11. The molecule has 0 fully saturated rings. The molecule has 5 rings (SSSR count). The normalized spacial score (nSPS) is 11.3. The molecule has 0 aliphatic rings. The molecule has 7 nitrogen and oxygen atoms in total. The van der Waals surface area contributed by atoms with Gasteiger partial charge < -0.3 is 0 Å². The van der Waals surface area contributed by atoms with Crippen molar-refractivity contribution in [3.8, 4) is 5.69 Å². The third-order valence-electron chi connectivity index (χ3n) is 4.31. The van der Waals surface area contributed by atoms with Gasteiger partial charge in [0.2, 0.25) is 0 Å². The fourth-order valence-electron chi connectivity index (χ4n) is 3.02. The summed E-state index contributed by atoms with van der Waals surface area (Å²) in [6, 6.07) is 16.9. The Labute approximate surface area is 163 Å². The average Bonchev–Trinajstić information content (AvgIpc) is 3.18. The molecule has 0 saturated carbocycles. The first kappa shape index (κ1) is 16.6. The van der Waals surface area contributed by atoms with E-state index in [0.29, 0.717) is 17.1 Å². The van der Waals surface area contributed by atoms with Crippen LogP contribution in [-0.4, -0.2) is 29.1 Å². The van der Waals surface area contributed by atoms with Gasteiger partial charge in [-0.15, -0.1) is 0 Å². The summed E-state index contributed by atoms with van der Waals surface area (Å²) in [4.78, 5) is 25.6. The van der Waals surface area contributed by atoms with Crippen molar-refractivity contribution in [1.82, 2.24) is 29.1 Å². The minimum atomic E-state index is -0.0917. The summed E-state index contributed by atoms with van der Waals surface area (Å²) < 4.78 is 3.32. The molecule has 0 amide bonds. The van der Waals surface area contributed by atoms with Gasteiger partial charge in [0.25, 0.3) is 5.56 Å². The number of benzene rings is 1. The third-order valence-corrected chi connectivity index (χ3v) is 5.35. The van der Waals surface area contributed by atoms with E-state index in [1.54, 1.807) is 23.1 Å². The van der Waals surface area contributed by atoms with E-state index in [-0.39, 0.29) is 5.56 Å². The summed E-state index contributed by atoms with van der Waals surface area (Å²) in [6.07, 6.45) is 5.02. The van der Waals surface area contributed by atoms with Gasteiger partial charge in [0.1, 0.15) is 17.0 Å². The number of pyridine rings is 1. The van der Waals surface area contributed by atoms with Crippen LogP contribution in [0.5, 0.6) is 0 Å². The third kappa shape index (κ3) is 2.93. The van der Waals surface area contributed by atoms with Crippen LogP contribution in [0.15, 0.2) is 83.1 Å². The van der Waals surface area contributed by atoms with Crippen molar-refractivity contribution in [3.63, 3.8) is 0 Å². The SMILES string of the molecule is O=c1cc(CSc2ncnc3c2cnn3-c2ccccc2)nc2ccccn12. The highest BCUT2D eigenvalue weighted by Gasteiger charge is 2.12. The Bertz CT molecular complexity index is 1350. The van der Waals surface area contributed by atoms with Crippen LogP contribution in [0.25, 0.3) is 22.4 Å². The maximum atomic E-state index is 12.3. The summed E-state index contributed by atoms with van der Waals surface area (Å²) in [6.45, 7) is 0. The van der Waals surface area contributed by atoms with E-state index >= 15 is 0 Å². The smallest absolute Gasteiger partial charge is 0.258 e. The zero-order valence-corrected chi connectivity index (χ0v) is 15.5. The lowest BCUT2D eigenvalue weighted by atomic mass is 10.3. The highest BCUT2D eigenvalue weighted by molar-refractivity contribution is 7.98.